The van der Waals surface area contributed by atoms with E-state index >= 15 is 0 Å². The second-order valence-electron chi connectivity index (χ2n) is 7.14. The number of phenolic OH excluding ortho intramolecular Hbond substituents is 2. The Labute approximate surface area is 169 Å². The van der Waals surface area contributed by atoms with Gasteiger partial charge in [-0.3, -0.25) is 14.3 Å². The first-order chi connectivity index (χ1) is 14.4. The molecule has 0 radical (unpaired) electrons. The Kier molecular flexibility index (Phi) is 3.89. The van der Waals surface area contributed by atoms with Gasteiger partial charge in [0.05, 0.1) is 6.42 Å². The Bertz CT molecular complexity index is 1370. The summed E-state index contributed by atoms with van der Waals surface area (Å²) in [6.45, 7) is 0. The first-order valence-corrected chi connectivity index (χ1v) is 9.24. The van der Waals surface area contributed by atoms with Crippen molar-refractivity contribution >= 4 is 16.9 Å². The molecule has 8 heteroatoms. The van der Waals surface area contributed by atoms with Crippen molar-refractivity contribution < 1.29 is 24.2 Å². The molecule has 0 amide bonds. The Morgan fingerprint density at radius 1 is 1.10 bits per heavy atom. The smallest absolute Gasteiger partial charge is 0.312 e. The number of nitrogens with zero attached hydrogens (tertiary/aromatic N) is 2. The normalized spacial score (nSPS) is 15.8. The molecule has 0 saturated heterocycles. The zero-order valence-corrected chi connectivity index (χ0v) is 15.8. The maximum atomic E-state index is 12.9. The lowest BCUT2D eigenvalue weighted by atomic mass is 9.88. The number of hydrogen-bond donors (Lipinski definition) is 2. The molecule has 0 aliphatic carbocycles. The van der Waals surface area contributed by atoms with Gasteiger partial charge in [-0.1, -0.05) is 0 Å². The molecule has 0 spiro atoms. The quantitative estimate of drug-likeness (QED) is 0.390. The fraction of sp³-hybridized carbons (Fsp3) is 0.136. The molecule has 1 aliphatic rings. The molecule has 3 heterocycles. The van der Waals surface area contributed by atoms with E-state index in [9.17, 15) is 19.8 Å². The van der Waals surface area contributed by atoms with Crippen LogP contribution >= 0.6 is 0 Å². The highest BCUT2D eigenvalue weighted by Crippen LogP contribution is 2.45. The number of aromatic nitrogens is 2. The maximum Gasteiger partial charge on any atom is 0.312 e. The molecular weight excluding hydrogens is 388 g/mol. The summed E-state index contributed by atoms with van der Waals surface area (Å²) in [7, 11) is 1.76. The summed E-state index contributed by atoms with van der Waals surface area (Å²) >= 11 is 0. The number of phenols is 2. The molecule has 150 valence electrons. The first kappa shape index (κ1) is 18.0. The highest BCUT2D eigenvalue weighted by molar-refractivity contribution is 5.93. The molecule has 1 aliphatic heterocycles. The van der Waals surface area contributed by atoms with Crippen molar-refractivity contribution in [1.29, 1.82) is 0 Å². The van der Waals surface area contributed by atoms with Crippen LogP contribution in [0.2, 0.25) is 0 Å². The largest absolute Gasteiger partial charge is 0.508 e. The molecule has 30 heavy (non-hydrogen) atoms. The number of carbonyl (C=O) groups is 1. The van der Waals surface area contributed by atoms with E-state index < -0.39 is 17.3 Å². The third-order valence-corrected chi connectivity index (χ3v) is 5.29. The monoisotopic (exact) mass is 404 g/mol. The summed E-state index contributed by atoms with van der Waals surface area (Å²) in [6.07, 6.45) is 1.66. The Morgan fingerprint density at radius 2 is 1.87 bits per heavy atom. The van der Waals surface area contributed by atoms with E-state index in [0.29, 0.717) is 11.1 Å². The molecular formula is C22H16N2O6. The van der Waals surface area contributed by atoms with Crippen LogP contribution in [0.3, 0.4) is 0 Å². The minimum absolute atomic E-state index is 0.0152. The summed E-state index contributed by atoms with van der Waals surface area (Å²) in [6, 6.07) is 10.5. The van der Waals surface area contributed by atoms with Gasteiger partial charge in [0.2, 0.25) is 0 Å². The summed E-state index contributed by atoms with van der Waals surface area (Å²) in [5.74, 6) is -0.748. The zero-order valence-electron chi connectivity index (χ0n) is 15.8. The topological polar surface area (TPSA) is 115 Å². The number of rotatable bonds is 2. The van der Waals surface area contributed by atoms with Crippen LogP contribution in [0.15, 0.2) is 57.9 Å². The highest BCUT2D eigenvalue weighted by atomic mass is 16.5. The van der Waals surface area contributed by atoms with Gasteiger partial charge in [-0.05, 0) is 30.3 Å². The van der Waals surface area contributed by atoms with Gasteiger partial charge in [0.15, 0.2) is 5.43 Å². The van der Waals surface area contributed by atoms with Crippen molar-refractivity contribution in [2.45, 2.75) is 12.3 Å². The van der Waals surface area contributed by atoms with Crippen molar-refractivity contribution in [3.05, 3.63) is 70.1 Å². The fourth-order valence-electron chi connectivity index (χ4n) is 3.91. The lowest BCUT2D eigenvalue weighted by molar-refractivity contribution is -0.135. The number of ether oxygens (including phenoxy) is 1. The number of hydrogen-bond acceptors (Lipinski definition) is 7. The van der Waals surface area contributed by atoms with Crippen LogP contribution in [0.4, 0.5) is 0 Å². The lowest BCUT2D eigenvalue weighted by Gasteiger charge is -2.25. The minimum atomic E-state index is -0.463. The maximum absolute atomic E-state index is 12.9. The zero-order chi connectivity index (χ0) is 21.0. The molecule has 0 bridgehead atoms. The number of aryl methyl sites for hydroxylation is 1. The van der Waals surface area contributed by atoms with E-state index in [0.717, 1.165) is 5.69 Å². The Balaban J connectivity index is 1.84. The third-order valence-electron chi connectivity index (χ3n) is 5.29. The highest BCUT2D eigenvalue weighted by Gasteiger charge is 2.34. The van der Waals surface area contributed by atoms with Gasteiger partial charge in [-0.2, -0.15) is 5.10 Å². The molecule has 1 unspecified atom stereocenters. The molecule has 2 aromatic carbocycles. The molecule has 1 atom stereocenters. The van der Waals surface area contributed by atoms with Crippen molar-refractivity contribution in [3.8, 4) is 28.6 Å². The van der Waals surface area contributed by atoms with Crippen LogP contribution in [0, 0.1) is 0 Å². The summed E-state index contributed by atoms with van der Waals surface area (Å²) in [5.41, 5.74) is 1.55. The second kappa shape index (κ2) is 6.48. The first-order valence-electron chi connectivity index (χ1n) is 9.24. The molecule has 8 nitrogen and oxygen atoms in total. The molecule has 0 fully saturated rings. The summed E-state index contributed by atoms with van der Waals surface area (Å²) < 4.78 is 13.1. The van der Waals surface area contributed by atoms with E-state index in [1.54, 1.807) is 36.1 Å². The number of esters is 1. The standard InChI is InChI=1S/C22H16N2O6/c1-24-14(6-7-23-24)13-8-19(28)29-18-10-16(27)21-15(26)9-17(30-22(21)20(13)18)11-2-4-12(25)5-3-11/h2-7,9-10,13,25,27H,8H2,1H3. The molecule has 2 N–H and O–H groups in total. The van der Waals surface area contributed by atoms with Crippen LogP contribution in [-0.4, -0.2) is 26.0 Å². The van der Waals surface area contributed by atoms with Gasteiger partial charge in [0.1, 0.15) is 34.0 Å². The van der Waals surface area contributed by atoms with Gasteiger partial charge < -0.3 is 19.4 Å². The van der Waals surface area contributed by atoms with Crippen LogP contribution in [0.5, 0.6) is 17.2 Å². The van der Waals surface area contributed by atoms with Crippen LogP contribution in [0.1, 0.15) is 23.6 Å². The van der Waals surface area contributed by atoms with Gasteiger partial charge in [-0.15, -0.1) is 0 Å². The van der Waals surface area contributed by atoms with Gasteiger partial charge in [0.25, 0.3) is 0 Å². The minimum Gasteiger partial charge on any atom is -0.508 e. The molecule has 2 aromatic heterocycles. The van der Waals surface area contributed by atoms with Crippen molar-refractivity contribution in [3.63, 3.8) is 0 Å². The van der Waals surface area contributed by atoms with Crippen molar-refractivity contribution in [1.82, 2.24) is 9.78 Å². The average Bonchev–Trinajstić information content (AvgIpc) is 3.13. The fourth-order valence-corrected chi connectivity index (χ4v) is 3.91. The second-order valence-corrected chi connectivity index (χ2v) is 7.14. The Hall–Kier alpha value is -4.07. The van der Waals surface area contributed by atoms with Gasteiger partial charge in [-0.25, -0.2) is 0 Å². The van der Waals surface area contributed by atoms with Gasteiger partial charge >= 0.3 is 5.97 Å². The third kappa shape index (κ3) is 2.73. The predicted octanol–water partition coefficient (Wildman–Crippen LogP) is 3.05. The van der Waals surface area contributed by atoms with Crippen molar-refractivity contribution in [2.75, 3.05) is 0 Å². The number of aromatic hydroxyl groups is 2. The van der Waals surface area contributed by atoms with E-state index in [-0.39, 0.29) is 40.4 Å². The van der Waals surface area contributed by atoms with E-state index in [1.165, 1.54) is 24.3 Å². The molecule has 0 saturated carbocycles. The summed E-state index contributed by atoms with van der Waals surface area (Å²) in [4.78, 5) is 25.1. The van der Waals surface area contributed by atoms with Crippen LogP contribution in [0.25, 0.3) is 22.3 Å². The van der Waals surface area contributed by atoms with E-state index in [2.05, 4.69) is 5.10 Å². The van der Waals surface area contributed by atoms with Crippen molar-refractivity contribution in [2.24, 2.45) is 7.05 Å². The lowest BCUT2D eigenvalue weighted by Crippen LogP contribution is -2.23. The molecule has 5 rings (SSSR count). The molecule has 4 aromatic rings. The van der Waals surface area contributed by atoms with Crippen LogP contribution < -0.4 is 10.2 Å². The number of fused-ring (bicyclic) bond motifs is 3. The number of carbonyl (C=O) groups excluding carboxylic acids is 1. The van der Waals surface area contributed by atoms with E-state index in [1.807, 2.05) is 0 Å². The van der Waals surface area contributed by atoms with Crippen LogP contribution in [-0.2, 0) is 11.8 Å². The average molecular weight is 404 g/mol. The van der Waals surface area contributed by atoms with E-state index in [4.69, 9.17) is 9.15 Å². The number of benzene rings is 2. The summed E-state index contributed by atoms with van der Waals surface area (Å²) in [5, 5.41) is 24.2. The van der Waals surface area contributed by atoms with Gasteiger partial charge in [0, 0.05) is 48.1 Å². The predicted molar refractivity (Wildman–Crippen MR) is 107 cm³/mol. The Morgan fingerprint density at radius 3 is 2.57 bits per heavy atom. The SMILES string of the molecule is Cn1nccc1C1CC(=O)Oc2cc(O)c3c(=O)cc(-c4ccc(O)cc4)oc3c21.